The Balaban J connectivity index is 1.69. The summed E-state index contributed by atoms with van der Waals surface area (Å²) >= 11 is 0. The van der Waals surface area contributed by atoms with Crippen LogP contribution in [0.5, 0.6) is 0 Å². The zero-order chi connectivity index (χ0) is 14.5. The first-order chi connectivity index (χ1) is 10.4. The minimum atomic E-state index is 0.378. The highest BCUT2D eigenvalue weighted by Gasteiger charge is 2.25. The van der Waals surface area contributed by atoms with Gasteiger partial charge in [-0.3, -0.25) is 9.97 Å². The third kappa shape index (κ3) is 3.16. The summed E-state index contributed by atoms with van der Waals surface area (Å²) in [4.78, 5) is 15.1. The molecule has 0 radical (unpaired) electrons. The molecular weight excluding hydrogens is 262 g/mol. The molecule has 21 heavy (non-hydrogen) atoms. The predicted molar refractivity (Wildman–Crippen MR) is 79.7 cm³/mol. The maximum Gasteiger partial charge on any atom is 0.161 e. The van der Waals surface area contributed by atoms with Crippen LogP contribution in [0, 0.1) is 11.3 Å². The second-order valence-electron chi connectivity index (χ2n) is 5.22. The van der Waals surface area contributed by atoms with Crippen LogP contribution in [-0.2, 0) is 6.42 Å². The second kappa shape index (κ2) is 6.31. The van der Waals surface area contributed by atoms with Gasteiger partial charge in [0.15, 0.2) is 5.69 Å². The fourth-order valence-corrected chi connectivity index (χ4v) is 2.85. The summed E-state index contributed by atoms with van der Waals surface area (Å²) in [7, 11) is 0. The number of anilines is 1. The third-order valence-electron chi connectivity index (χ3n) is 3.87. The first-order valence-corrected chi connectivity index (χ1v) is 7.25. The van der Waals surface area contributed by atoms with Gasteiger partial charge >= 0.3 is 0 Å². The van der Waals surface area contributed by atoms with Gasteiger partial charge in [-0.05, 0) is 37.8 Å². The molecule has 0 unspecified atom stereocenters. The number of hydrogen-bond acceptors (Lipinski definition) is 5. The number of hydrogen-bond donors (Lipinski definition) is 0. The quantitative estimate of drug-likeness (QED) is 0.859. The van der Waals surface area contributed by atoms with E-state index < -0.39 is 0 Å². The molecule has 0 N–H and O–H groups in total. The summed E-state index contributed by atoms with van der Waals surface area (Å²) < 4.78 is 0. The lowest BCUT2D eigenvalue weighted by Gasteiger charge is -2.25. The van der Waals surface area contributed by atoms with Gasteiger partial charge in [0.1, 0.15) is 11.9 Å². The van der Waals surface area contributed by atoms with Crippen LogP contribution >= 0.6 is 0 Å². The van der Waals surface area contributed by atoms with Gasteiger partial charge in [-0.15, -0.1) is 0 Å². The monoisotopic (exact) mass is 279 g/mol. The minimum Gasteiger partial charge on any atom is -0.352 e. The summed E-state index contributed by atoms with van der Waals surface area (Å²) in [5.74, 6) is 0.817. The second-order valence-corrected chi connectivity index (χ2v) is 5.22. The van der Waals surface area contributed by atoms with Crippen LogP contribution < -0.4 is 4.90 Å². The Hall–Kier alpha value is -2.48. The zero-order valence-corrected chi connectivity index (χ0v) is 11.8. The predicted octanol–water partition coefficient (Wildman–Crippen LogP) is 2.34. The molecule has 1 aliphatic rings. The summed E-state index contributed by atoms with van der Waals surface area (Å²) in [5.41, 5.74) is 1.50. The van der Waals surface area contributed by atoms with Crippen molar-refractivity contribution >= 4 is 5.82 Å². The molecule has 1 saturated heterocycles. The van der Waals surface area contributed by atoms with E-state index in [1.165, 1.54) is 6.20 Å². The number of aryl methyl sites for hydroxylation is 1. The van der Waals surface area contributed by atoms with E-state index in [1.54, 1.807) is 6.20 Å². The zero-order valence-electron chi connectivity index (χ0n) is 11.8. The number of nitrogens with zero attached hydrogens (tertiary/aromatic N) is 5. The van der Waals surface area contributed by atoms with Gasteiger partial charge in [0.2, 0.25) is 0 Å². The molecule has 106 valence electrons. The maximum atomic E-state index is 8.94. The topological polar surface area (TPSA) is 65.7 Å². The SMILES string of the molecule is N#Cc1cncc(N2CCC[C@H]2CCc2ccccn2)n1. The molecule has 5 nitrogen and oxygen atoms in total. The van der Waals surface area contributed by atoms with Gasteiger partial charge in [-0.2, -0.15) is 5.26 Å². The number of rotatable bonds is 4. The van der Waals surface area contributed by atoms with E-state index >= 15 is 0 Å². The molecule has 0 amide bonds. The van der Waals surface area contributed by atoms with Gasteiger partial charge in [-0.25, -0.2) is 4.98 Å². The standard InChI is InChI=1S/C16H17N5/c17-10-14-11-18-12-16(20-14)21-9-3-5-15(21)7-6-13-4-1-2-8-19-13/h1-2,4,8,11-12,15H,3,5-7,9H2/t15-/m0/s1. The molecule has 0 aliphatic carbocycles. The fourth-order valence-electron chi connectivity index (χ4n) is 2.85. The molecule has 1 aliphatic heterocycles. The van der Waals surface area contributed by atoms with Crippen molar-refractivity contribution in [3.05, 3.63) is 48.2 Å². The summed E-state index contributed by atoms with van der Waals surface area (Å²) in [5, 5.41) is 8.94. The molecular formula is C16H17N5. The van der Waals surface area contributed by atoms with E-state index in [0.717, 1.165) is 43.7 Å². The summed E-state index contributed by atoms with van der Waals surface area (Å²) in [6.07, 6.45) is 9.42. The Kier molecular flexibility index (Phi) is 4.06. The molecule has 1 atom stereocenters. The first kappa shape index (κ1) is 13.5. The largest absolute Gasteiger partial charge is 0.352 e. The van der Waals surface area contributed by atoms with Crippen LogP contribution in [0.1, 0.15) is 30.7 Å². The number of aromatic nitrogens is 3. The highest BCUT2D eigenvalue weighted by molar-refractivity contribution is 5.41. The molecule has 2 aromatic heterocycles. The highest BCUT2D eigenvalue weighted by atomic mass is 15.2. The van der Waals surface area contributed by atoms with Gasteiger partial charge in [0, 0.05) is 24.5 Å². The van der Waals surface area contributed by atoms with E-state index in [4.69, 9.17) is 5.26 Å². The van der Waals surface area contributed by atoms with Gasteiger partial charge in [0.05, 0.1) is 12.4 Å². The first-order valence-electron chi connectivity index (χ1n) is 7.25. The minimum absolute atomic E-state index is 0.378. The van der Waals surface area contributed by atoms with Gasteiger partial charge < -0.3 is 4.90 Å². The lowest BCUT2D eigenvalue weighted by atomic mass is 10.1. The van der Waals surface area contributed by atoms with Crippen LogP contribution in [0.15, 0.2) is 36.8 Å². The fraction of sp³-hybridized carbons (Fsp3) is 0.375. The Morgan fingerprint density at radius 3 is 3.10 bits per heavy atom. The van der Waals surface area contributed by atoms with Crippen molar-refractivity contribution < 1.29 is 0 Å². The van der Waals surface area contributed by atoms with E-state index in [-0.39, 0.29) is 0 Å². The van der Waals surface area contributed by atoms with E-state index in [9.17, 15) is 0 Å². The van der Waals surface area contributed by atoms with Crippen molar-refractivity contribution in [2.75, 3.05) is 11.4 Å². The van der Waals surface area contributed by atoms with E-state index in [0.29, 0.717) is 11.7 Å². The van der Waals surface area contributed by atoms with Crippen molar-refractivity contribution in [2.45, 2.75) is 31.7 Å². The molecule has 0 bridgehead atoms. The third-order valence-corrected chi connectivity index (χ3v) is 3.87. The Bertz CT molecular complexity index is 635. The van der Waals surface area contributed by atoms with Crippen LogP contribution in [-0.4, -0.2) is 27.5 Å². The van der Waals surface area contributed by atoms with Gasteiger partial charge in [-0.1, -0.05) is 6.07 Å². The molecule has 5 heteroatoms. The molecule has 3 rings (SSSR count). The Morgan fingerprint density at radius 1 is 1.33 bits per heavy atom. The van der Waals surface area contributed by atoms with Crippen molar-refractivity contribution in [3.63, 3.8) is 0 Å². The van der Waals surface area contributed by atoms with Crippen molar-refractivity contribution in [3.8, 4) is 6.07 Å². The number of pyridine rings is 1. The molecule has 3 heterocycles. The van der Waals surface area contributed by atoms with Crippen LogP contribution in [0.2, 0.25) is 0 Å². The van der Waals surface area contributed by atoms with Crippen LogP contribution in [0.4, 0.5) is 5.82 Å². The van der Waals surface area contributed by atoms with E-state index in [1.807, 2.05) is 18.3 Å². The molecule has 2 aromatic rings. The average molecular weight is 279 g/mol. The van der Waals surface area contributed by atoms with Crippen molar-refractivity contribution in [2.24, 2.45) is 0 Å². The van der Waals surface area contributed by atoms with Gasteiger partial charge in [0.25, 0.3) is 0 Å². The number of nitriles is 1. The lowest BCUT2D eigenvalue weighted by Crippen LogP contribution is -2.30. The Morgan fingerprint density at radius 2 is 2.29 bits per heavy atom. The van der Waals surface area contributed by atoms with E-state index in [2.05, 4.69) is 32.0 Å². The smallest absolute Gasteiger partial charge is 0.161 e. The van der Waals surface area contributed by atoms with Crippen molar-refractivity contribution in [1.82, 2.24) is 15.0 Å². The maximum absolute atomic E-state index is 8.94. The summed E-state index contributed by atoms with van der Waals surface area (Å²) in [6, 6.07) is 8.54. The average Bonchev–Trinajstić information content (AvgIpc) is 3.02. The molecule has 0 aromatic carbocycles. The van der Waals surface area contributed by atoms with Crippen LogP contribution in [0.25, 0.3) is 0 Å². The van der Waals surface area contributed by atoms with Crippen molar-refractivity contribution in [1.29, 1.82) is 5.26 Å². The molecule has 0 saturated carbocycles. The summed E-state index contributed by atoms with van der Waals surface area (Å²) in [6.45, 7) is 0.983. The molecule has 0 spiro atoms. The normalized spacial score (nSPS) is 17.7. The lowest BCUT2D eigenvalue weighted by molar-refractivity contribution is 0.600. The Labute approximate surface area is 124 Å². The molecule has 1 fully saturated rings. The highest BCUT2D eigenvalue weighted by Crippen LogP contribution is 2.26. The van der Waals surface area contributed by atoms with Crippen LogP contribution in [0.3, 0.4) is 0 Å².